The fourth-order valence-electron chi connectivity index (χ4n) is 4.51. The van der Waals surface area contributed by atoms with Crippen molar-refractivity contribution in [2.24, 2.45) is 5.92 Å². The Morgan fingerprint density at radius 1 is 1.21 bits per heavy atom. The minimum absolute atomic E-state index is 0.147. The third-order valence-electron chi connectivity index (χ3n) is 6.20. The number of piperidine rings is 1. The third-order valence-corrected chi connectivity index (χ3v) is 8.33. The molecule has 178 valence electrons. The van der Waals surface area contributed by atoms with Crippen LogP contribution in [0.3, 0.4) is 0 Å². The average molecular weight is 493 g/mol. The normalized spacial score (nSPS) is 22.7. The Hall–Kier alpha value is -2.29. The number of hydrogen-bond acceptors (Lipinski definition) is 5. The lowest BCUT2D eigenvalue weighted by Crippen LogP contribution is -2.48. The quantitative estimate of drug-likeness (QED) is 0.677. The van der Waals surface area contributed by atoms with E-state index in [1.807, 2.05) is 32.0 Å². The van der Waals surface area contributed by atoms with E-state index in [-0.39, 0.29) is 23.4 Å². The van der Waals surface area contributed by atoms with E-state index in [1.54, 1.807) is 19.2 Å². The van der Waals surface area contributed by atoms with Crippen LogP contribution >= 0.6 is 11.6 Å². The number of methoxy groups -OCH3 is 1. The predicted molar refractivity (Wildman–Crippen MR) is 126 cm³/mol. The Balaban J connectivity index is 1.51. The third kappa shape index (κ3) is 5.13. The fourth-order valence-corrected chi connectivity index (χ4v) is 6.16. The Morgan fingerprint density at radius 3 is 2.64 bits per heavy atom. The molecule has 2 aromatic rings. The van der Waals surface area contributed by atoms with Gasteiger partial charge in [-0.3, -0.25) is 4.79 Å². The first-order valence-corrected chi connectivity index (χ1v) is 12.8. The van der Waals surface area contributed by atoms with Crippen LogP contribution in [0, 0.1) is 5.92 Å². The summed E-state index contributed by atoms with van der Waals surface area (Å²) in [7, 11) is -2.10. The first kappa shape index (κ1) is 23.9. The minimum atomic E-state index is -3.70. The van der Waals surface area contributed by atoms with Crippen molar-refractivity contribution in [1.29, 1.82) is 0 Å². The van der Waals surface area contributed by atoms with E-state index in [9.17, 15) is 13.2 Å². The summed E-state index contributed by atoms with van der Waals surface area (Å²) in [6.45, 7) is 4.51. The van der Waals surface area contributed by atoms with Crippen LogP contribution in [0.5, 0.6) is 11.5 Å². The second-order valence-electron chi connectivity index (χ2n) is 9.19. The van der Waals surface area contributed by atoms with Gasteiger partial charge >= 0.3 is 0 Å². The van der Waals surface area contributed by atoms with Crippen molar-refractivity contribution >= 4 is 27.5 Å². The van der Waals surface area contributed by atoms with Gasteiger partial charge in [-0.05, 0) is 69.2 Å². The van der Waals surface area contributed by atoms with Crippen LogP contribution in [0.25, 0.3) is 0 Å². The van der Waals surface area contributed by atoms with E-state index in [0.29, 0.717) is 42.3 Å². The SMILES string of the molecule is COc1ccc2c(c1)[C@H](NC(=O)[C@@H]1CCCN(S(=O)(=O)c3ccc(Cl)cc3)C1)CC(C)(C)O2. The lowest BCUT2D eigenvalue weighted by atomic mass is 9.88. The first-order valence-electron chi connectivity index (χ1n) is 11.0. The van der Waals surface area contributed by atoms with Crippen LogP contribution < -0.4 is 14.8 Å². The van der Waals surface area contributed by atoms with Gasteiger partial charge in [0.05, 0.1) is 24.0 Å². The number of sulfonamides is 1. The molecule has 0 saturated carbocycles. The number of ether oxygens (including phenoxy) is 2. The van der Waals surface area contributed by atoms with Gasteiger partial charge in [-0.1, -0.05) is 11.6 Å². The average Bonchev–Trinajstić information content (AvgIpc) is 2.78. The molecule has 2 aromatic carbocycles. The summed E-state index contributed by atoms with van der Waals surface area (Å²) in [6.07, 6.45) is 1.85. The van der Waals surface area contributed by atoms with Gasteiger partial charge in [-0.25, -0.2) is 8.42 Å². The van der Waals surface area contributed by atoms with Gasteiger partial charge < -0.3 is 14.8 Å². The van der Waals surface area contributed by atoms with Crippen LogP contribution in [0.15, 0.2) is 47.4 Å². The van der Waals surface area contributed by atoms with E-state index in [0.717, 1.165) is 5.56 Å². The van der Waals surface area contributed by atoms with Crippen LogP contribution in [-0.2, 0) is 14.8 Å². The maximum absolute atomic E-state index is 13.3. The summed E-state index contributed by atoms with van der Waals surface area (Å²) >= 11 is 5.90. The highest BCUT2D eigenvalue weighted by Crippen LogP contribution is 2.41. The number of benzene rings is 2. The highest BCUT2D eigenvalue weighted by Gasteiger charge is 2.38. The number of hydrogen-bond donors (Lipinski definition) is 1. The van der Waals surface area contributed by atoms with Crippen molar-refractivity contribution in [3.05, 3.63) is 53.1 Å². The van der Waals surface area contributed by atoms with Gasteiger partial charge in [-0.2, -0.15) is 4.31 Å². The van der Waals surface area contributed by atoms with Gasteiger partial charge in [0.25, 0.3) is 0 Å². The molecule has 0 spiro atoms. The van der Waals surface area contributed by atoms with Crippen LogP contribution in [-0.4, -0.2) is 44.4 Å². The summed E-state index contributed by atoms with van der Waals surface area (Å²) in [4.78, 5) is 13.5. The van der Waals surface area contributed by atoms with E-state index >= 15 is 0 Å². The Labute approximate surface area is 200 Å². The number of carbonyl (C=O) groups is 1. The molecule has 1 N–H and O–H groups in total. The molecule has 1 saturated heterocycles. The summed E-state index contributed by atoms with van der Waals surface area (Å²) in [6, 6.07) is 11.4. The predicted octanol–water partition coefficient (Wildman–Crippen LogP) is 4.17. The van der Waals surface area contributed by atoms with Crippen molar-refractivity contribution < 1.29 is 22.7 Å². The van der Waals surface area contributed by atoms with E-state index < -0.39 is 21.5 Å². The van der Waals surface area contributed by atoms with Crippen molar-refractivity contribution in [1.82, 2.24) is 9.62 Å². The smallest absolute Gasteiger partial charge is 0.243 e. The van der Waals surface area contributed by atoms with Gasteiger partial charge in [-0.15, -0.1) is 0 Å². The Morgan fingerprint density at radius 2 is 1.94 bits per heavy atom. The summed E-state index contributed by atoms with van der Waals surface area (Å²) in [5.74, 6) is 0.824. The number of carbonyl (C=O) groups excluding carboxylic acids is 1. The monoisotopic (exact) mass is 492 g/mol. The molecule has 0 unspecified atom stereocenters. The molecule has 9 heteroatoms. The standard InChI is InChI=1S/C24H29ClN2O5S/c1-24(2)14-21(20-13-18(31-3)8-11-22(20)32-24)26-23(28)16-5-4-12-27(15-16)33(29,30)19-9-6-17(25)7-10-19/h6-11,13,16,21H,4-5,12,14-15H2,1-3H3,(H,26,28)/t16-,21-/m1/s1. The van der Waals surface area contributed by atoms with Gasteiger partial charge in [0.1, 0.15) is 17.1 Å². The number of halogens is 1. The number of nitrogens with zero attached hydrogens (tertiary/aromatic N) is 1. The van der Waals surface area contributed by atoms with Crippen LogP contribution in [0.2, 0.25) is 5.02 Å². The van der Waals surface area contributed by atoms with Crippen LogP contribution in [0.4, 0.5) is 0 Å². The molecule has 0 aliphatic carbocycles. The second kappa shape index (κ2) is 9.16. The Kier molecular flexibility index (Phi) is 6.62. The van der Waals surface area contributed by atoms with Gasteiger partial charge in [0.15, 0.2) is 0 Å². The number of rotatable bonds is 5. The van der Waals surface area contributed by atoms with Crippen LogP contribution in [0.1, 0.15) is 44.7 Å². The van der Waals surface area contributed by atoms with Crippen molar-refractivity contribution in [3.63, 3.8) is 0 Å². The molecule has 7 nitrogen and oxygen atoms in total. The highest BCUT2D eigenvalue weighted by molar-refractivity contribution is 7.89. The van der Waals surface area contributed by atoms with Crippen molar-refractivity contribution in [2.75, 3.05) is 20.2 Å². The van der Waals surface area contributed by atoms with Crippen molar-refractivity contribution in [2.45, 2.75) is 49.6 Å². The fraction of sp³-hybridized carbons (Fsp3) is 0.458. The number of nitrogens with one attached hydrogen (secondary N) is 1. The molecule has 2 heterocycles. The zero-order chi connectivity index (χ0) is 23.8. The zero-order valence-electron chi connectivity index (χ0n) is 19.0. The van der Waals surface area contributed by atoms with Gasteiger partial charge in [0.2, 0.25) is 15.9 Å². The van der Waals surface area contributed by atoms with E-state index in [2.05, 4.69) is 5.32 Å². The highest BCUT2D eigenvalue weighted by atomic mass is 35.5. The molecular formula is C24H29ClN2O5S. The topological polar surface area (TPSA) is 84.9 Å². The van der Waals surface area contributed by atoms with Crippen molar-refractivity contribution in [3.8, 4) is 11.5 Å². The first-order chi connectivity index (χ1) is 15.6. The summed E-state index contributed by atoms with van der Waals surface area (Å²) < 4.78 is 39.0. The molecule has 0 aromatic heterocycles. The molecule has 2 atom stereocenters. The molecule has 0 bridgehead atoms. The molecule has 0 radical (unpaired) electrons. The lowest BCUT2D eigenvalue weighted by Gasteiger charge is -2.39. The summed E-state index contributed by atoms with van der Waals surface area (Å²) in [5, 5.41) is 3.63. The molecule has 4 rings (SSSR count). The lowest BCUT2D eigenvalue weighted by molar-refractivity contribution is -0.127. The number of amides is 1. The molecular weight excluding hydrogens is 464 g/mol. The number of fused-ring (bicyclic) bond motifs is 1. The Bertz CT molecular complexity index is 1130. The maximum atomic E-state index is 13.3. The molecule has 33 heavy (non-hydrogen) atoms. The molecule has 2 aliphatic rings. The molecule has 1 amide bonds. The second-order valence-corrected chi connectivity index (χ2v) is 11.6. The molecule has 1 fully saturated rings. The molecule has 2 aliphatic heterocycles. The van der Waals surface area contributed by atoms with Gasteiger partial charge in [0, 0.05) is 30.1 Å². The minimum Gasteiger partial charge on any atom is -0.497 e. The maximum Gasteiger partial charge on any atom is 0.243 e. The van der Waals surface area contributed by atoms with E-state index in [1.165, 1.54) is 16.4 Å². The zero-order valence-corrected chi connectivity index (χ0v) is 20.6. The summed E-state index contributed by atoms with van der Waals surface area (Å²) in [5.41, 5.74) is 0.416. The van der Waals surface area contributed by atoms with E-state index in [4.69, 9.17) is 21.1 Å². The largest absolute Gasteiger partial charge is 0.497 e.